The second kappa shape index (κ2) is 40.8. The van der Waals surface area contributed by atoms with Gasteiger partial charge in [-0.05, 0) is 176 Å². The first-order chi connectivity index (χ1) is 63.9. The molecule has 12 amide bonds. The van der Waals surface area contributed by atoms with Gasteiger partial charge in [-0.1, -0.05) is 178 Å². The Morgan fingerprint density at radius 1 is 0.326 bits per heavy atom. The third-order valence-electron chi connectivity index (χ3n) is 19.9. The van der Waals surface area contributed by atoms with Crippen LogP contribution in [0.1, 0.15) is 117 Å². The maximum absolute atomic E-state index is 13.0. The van der Waals surface area contributed by atoms with Crippen molar-refractivity contribution in [2.75, 3.05) is 0 Å². The zero-order chi connectivity index (χ0) is 98.0. The maximum atomic E-state index is 13.0. The van der Waals surface area contributed by atoms with E-state index in [0.717, 1.165) is 76.9 Å². The summed E-state index contributed by atoms with van der Waals surface area (Å²) in [7, 11) is -24.7. The molecule has 0 aromatic heterocycles. The summed E-state index contributed by atoms with van der Waals surface area (Å²) in [6.07, 6.45) is 11.5. The van der Waals surface area contributed by atoms with Gasteiger partial charge in [0.15, 0.2) is 0 Å². The predicted octanol–water partition coefficient (Wildman–Crippen LogP) is 10.9. The lowest BCUT2D eigenvalue weighted by Gasteiger charge is -2.26. The fourth-order valence-corrected chi connectivity index (χ4v) is 18.6. The molecule has 135 heavy (non-hydrogen) atoms. The van der Waals surface area contributed by atoms with Gasteiger partial charge in [0, 0.05) is 35.3 Å². The van der Waals surface area contributed by atoms with Gasteiger partial charge in [-0.15, -0.1) is 51.8 Å². The molecule has 3 atom stereocenters. The Morgan fingerprint density at radius 2 is 0.600 bits per heavy atom. The second-order valence-electron chi connectivity index (χ2n) is 29.0. The molecule has 1 saturated carbocycles. The molecule has 0 bridgehead atoms. The van der Waals surface area contributed by atoms with Crippen molar-refractivity contribution in [1.82, 2.24) is 30.4 Å². The molecule has 0 N–H and O–H groups in total. The zero-order valence-corrected chi connectivity index (χ0v) is 75.3. The molecule has 0 radical (unpaired) electrons. The van der Waals surface area contributed by atoms with Crippen LogP contribution >= 0.6 is 0 Å². The summed E-state index contributed by atoms with van der Waals surface area (Å²) in [6, 6.07) is 58.1. The summed E-state index contributed by atoms with van der Waals surface area (Å²) in [5.41, 5.74) is 4.33. The number of nitrogens with zero attached hydrogens (tertiary/aromatic N) is 6. The molecule has 10 aromatic carbocycles. The summed E-state index contributed by atoms with van der Waals surface area (Å²) in [5.74, 6) is -6.94. The van der Waals surface area contributed by atoms with Crippen LogP contribution in [0.4, 0.5) is 0 Å². The molecule has 1 aliphatic carbocycles. The standard InChI is InChI=1S/C21H15NO4S.C18H13NO7S.C16H17NO5S.C16H11NO5S.C11H9NO5S.C10H7NO5S/c1-3-14-10-12-16(13-11-14)27(2,25)26-22-20(23)17-8-4-6-15-7-5-9-18(19(15)17)21(22)24;1-11(2)18(22)25-12-7-9-13(10-8-12)27(23,24)26-19-16(20)14-5-3-4-6-15(14)17(19)21;2*1-2-11-7-9-12(10-8-11)23(20,21)22-17-15(18)13-5-3-4-6-14(13)16(17)19;1-8-2-4-9(5-3-8)18(15,16)17-12-10(13)6-7-11(12)14;12-9-6-7-10(13)11(9)16-17(14,15)8-4-2-1-3-5-8/h3-13H,1-2H2;3-10H,1H2,2H3;2,7-10,13-14H,1,3-6H2;2-10H,1H2;2-7H,1H3;1-7H. The molecule has 37 nitrogen and oxygen atoms in total. The molecule has 692 valence electrons. The lowest BCUT2D eigenvalue weighted by Crippen LogP contribution is -2.41. The lowest BCUT2D eigenvalue weighted by molar-refractivity contribution is -0.166. The van der Waals surface area contributed by atoms with E-state index in [-0.39, 0.29) is 83.2 Å². The normalized spacial score (nSPS) is 16.4. The van der Waals surface area contributed by atoms with E-state index >= 15 is 0 Å². The first kappa shape index (κ1) is 98.8. The molecule has 43 heteroatoms. The highest BCUT2D eigenvalue weighted by molar-refractivity contribution is 7.96. The highest BCUT2D eigenvalue weighted by Crippen LogP contribution is 2.40. The molecule has 17 rings (SSSR count). The minimum atomic E-state index is -4.46. The third-order valence-corrected chi connectivity index (χ3v) is 27.3. The van der Waals surface area contributed by atoms with Crippen LogP contribution in [0.15, 0.2) is 322 Å². The third kappa shape index (κ3) is 22.2. The number of ether oxygens (including phenoxy) is 1. The van der Waals surface area contributed by atoms with E-state index in [0.29, 0.717) is 39.5 Å². The molecule has 7 aliphatic rings. The molecule has 6 heterocycles. The largest absolute Gasteiger partial charge is 0.423 e. The van der Waals surface area contributed by atoms with Crippen LogP contribution in [0.3, 0.4) is 0 Å². The van der Waals surface area contributed by atoms with E-state index in [1.54, 1.807) is 128 Å². The summed E-state index contributed by atoms with van der Waals surface area (Å²) < 4.78 is 167. The summed E-state index contributed by atoms with van der Waals surface area (Å²) in [5, 5.41) is 3.21. The molecule has 6 aliphatic heterocycles. The van der Waals surface area contributed by atoms with Crippen LogP contribution in [0.5, 0.6) is 5.75 Å². The van der Waals surface area contributed by atoms with Crippen LogP contribution in [0, 0.1) is 18.8 Å². The number of esters is 1. The number of amides is 12. The van der Waals surface area contributed by atoms with Crippen LogP contribution < -0.4 is 4.74 Å². The molecule has 3 unspecified atom stereocenters. The van der Waals surface area contributed by atoms with Crippen LogP contribution in [-0.2, 0) is 120 Å². The van der Waals surface area contributed by atoms with Gasteiger partial charge < -0.3 is 4.74 Å². The quantitative estimate of drug-likeness (QED) is 0.0189. The van der Waals surface area contributed by atoms with E-state index < -0.39 is 149 Å². The van der Waals surface area contributed by atoms with Gasteiger partial charge in [0.05, 0.1) is 74.6 Å². The number of hydroxylamine groups is 12. The minimum Gasteiger partial charge on any atom is -0.423 e. The lowest BCUT2D eigenvalue weighted by atomic mass is 9.81. The number of benzene rings is 10. The Morgan fingerprint density at radius 3 is 0.933 bits per heavy atom. The van der Waals surface area contributed by atoms with E-state index in [4.69, 9.17) is 21.9 Å². The number of carbonyl (C=O) groups is 13. The molecule has 10 aromatic rings. The summed E-state index contributed by atoms with van der Waals surface area (Å²) in [6.45, 7) is 17.5. The molecule has 2 fully saturated rings. The number of imide groups is 6. The number of rotatable bonds is 23. The van der Waals surface area contributed by atoms with Crippen molar-refractivity contribution in [3.05, 3.63) is 348 Å². The van der Waals surface area contributed by atoms with Crippen molar-refractivity contribution in [1.29, 1.82) is 0 Å². The van der Waals surface area contributed by atoms with E-state index in [1.165, 1.54) is 116 Å². The average Bonchev–Trinajstić information content (AvgIpc) is 1.53. The smallest absolute Gasteiger partial charge is 0.338 e. The monoisotopic (exact) mass is 1950 g/mol. The Labute approximate surface area is 771 Å². The Bertz CT molecular complexity index is 7240. The SMILES string of the molecule is C=C(C)C(=O)Oc1ccc(S(=O)(=O)ON2C(=O)c3ccccc3C2=O)cc1.C=Cc1ccc(S(=C)(=O)ON2C(=O)c3cccc4cccc(c34)C2=O)cc1.C=Cc1ccc(S(=O)(=O)ON2C(=O)C3CCCCC3C2=O)cc1.C=Cc1ccc(S(=O)(=O)ON2C(=O)c3ccccc3C2=O)cc1.Cc1ccc(S(=O)(=O)ON2C(=O)C=CC2=O)cc1.O=C1C=CC(=O)N1OS(=O)(=O)c1ccccc1. The zero-order valence-electron chi connectivity index (χ0n) is 70.4. The first-order valence-corrected chi connectivity index (χ1v) is 48.0. The minimum absolute atomic E-state index is 0.0553. The number of hydrogen-bond donors (Lipinski definition) is 0. The number of aryl methyl sites for hydroxylation is 1. The highest BCUT2D eigenvalue weighted by Gasteiger charge is 2.51. The molecule has 0 spiro atoms. The number of carbonyl (C=O) groups excluding carboxylic acids is 13. The van der Waals surface area contributed by atoms with Crippen LogP contribution in [-0.4, -0.2) is 159 Å². The van der Waals surface area contributed by atoms with Crippen molar-refractivity contribution in [3.8, 4) is 5.75 Å². The Balaban J connectivity index is 0.000000147. The second-order valence-corrected chi connectivity index (χ2v) is 38.5. The van der Waals surface area contributed by atoms with E-state index in [2.05, 4.69) is 40.8 Å². The fraction of sp³-hybridized carbons (Fsp3) is 0.0870. The van der Waals surface area contributed by atoms with Crippen molar-refractivity contribution < 1.29 is 139 Å². The van der Waals surface area contributed by atoms with Gasteiger partial charge in [-0.2, -0.15) is 46.4 Å². The van der Waals surface area contributed by atoms with E-state index in [9.17, 15) is 109 Å². The predicted molar refractivity (Wildman–Crippen MR) is 478 cm³/mol. The van der Waals surface area contributed by atoms with Gasteiger partial charge in [-0.25, -0.2) is 9.00 Å². The van der Waals surface area contributed by atoms with Gasteiger partial charge in [0.2, 0.25) is 0 Å². The Kier molecular flexibility index (Phi) is 29.9. The highest BCUT2D eigenvalue weighted by atomic mass is 32.2. The molecular weight excluding hydrogens is 1880 g/mol. The van der Waals surface area contributed by atoms with Crippen molar-refractivity contribution in [2.45, 2.75) is 68.9 Å². The average molecular weight is 1950 g/mol. The maximum Gasteiger partial charge on any atom is 0.338 e. The summed E-state index contributed by atoms with van der Waals surface area (Å²) in [4.78, 5) is 154. The number of hydrogen-bond acceptors (Lipinski definition) is 31. The van der Waals surface area contributed by atoms with Gasteiger partial charge in [0.1, 0.15) is 15.6 Å². The molecular formula is C92H72N6O31S6. The van der Waals surface area contributed by atoms with Gasteiger partial charge in [-0.3, -0.25) is 57.5 Å². The van der Waals surface area contributed by atoms with Gasteiger partial charge in [0.25, 0.3) is 70.9 Å². The summed E-state index contributed by atoms with van der Waals surface area (Å²) >= 11 is 0. The van der Waals surface area contributed by atoms with Crippen molar-refractivity contribution >= 4 is 172 Å². The van der Waals surface area contributed by atoms with Crippen molar-refractivity contribution in [3.63, 3.8) is 0 Å². The topological polar surface area (TPSA) is 494 Å². The van der Waals surface area contributed by atoms with E-state index in [1.807, 2.05) is 12.1 Å². The Hall–Kier alpha value is -15.3. The first-order valence-electron chi connectivity index (χ1n) is 39.3. The molecule has 1 saturated heterocycles. The van der Waals surface area contributed by atoms with Crippen LogP contribution in [0.25, 0.3) is 29.0 Å². The van der Waals surface area contributed by atoms with Crippen LogP contribution in [0.2, 0.25) is 0 Å². The fourth-order valence-electron chi connectivity index (χ4n) is 13.1. The van der Waals surface area contributed by atoms with Crippen molar-refractivity contribution in [2.24, 2.45) is 11.8 Å². The number of fused-ring (bicyclic) bond motifs is 3. The van der Waals surface area contributed by atoms with Gasteiger partial charge >= 0.3 is 56.6 Å².